The largest absolute Gasteiger partial charge is 0.369 e. The third kappa shape index (κ3) is 3.58. The van der Waals surface area contributed by atoms with Crippen LogP contribution in [-0.4, -0.2) is 13.6 Å². The van der Waals surface area contributed by atoms with Crippen LogP contribution in [0.1, 0.15) is 30.3 Å². The Kier molecular flexibility index (Phi) is 5.00. The second-order valence-corrected chi connectivity index (χ2v) is 5.81. The molecule has 1 N–H and O–H groups in total. The van der Waals surface area contributed by atoms with Crippen LogP contribution in [0.5, 0.6) is 0 Å². The van der Waals surface area contributed by atoms with Crippen LogP contribution in [-0.2, 0) is 6.54 Å². The molecule has 102 valence electrons. The Morgan fingerprint density at radius 2 is 2.00 bits per heavy atom. The molecule has 1 aromatic carbocycles. The van der Waals surface area contributed by atoms with Gasteiger partial charge in [-0.2, -0.15) is 0 Å². The molecule has 0 fully saturated rings. The van der Waals surface area contributed by atoms with E-state index in [0.717, 1.165) is 13.1 Å². The Balaban J connectivity index is 2.18. The van der Waals surface area contributed by atoms with E-state index in [0.29, 0.717) is 6.04 Å². The van der Waals surface area contributed by atoms with E-state index in [-0.39, 0.29) is 0 Å². The smallest absolute Gasteiger partial charge is 0.0519 e. The zero-order chi connectivity index (χ0) is 13.7. The van der Waals surface area contributed by atoms with E-state index < -0.39 is 0 Å². The Labute approximate surface area is 120 Å². The van der Waals surface area contributed by atoms with Crippen molar-refractivity contribution in [1.82, 2.24) is 5.32 Å². The second kappa shape index (κ2) is 6.73. The van der Waals surface area contributed by atoms with Crippen molar-refractivity contribution in [2.75, 3.05) is 18.5 Å². The third-order valence-corrected chi connectivity index (χ3v) is 4.16. The number of nitrogens with zero attached hydrogens (tertiary/aromatic N) is 1. The highest BCUT2D eigenvalue weighted by Crippen LogP contribution is 2.27. The fourth-order valence-electron chi connectivity index (χ4n) is 2.34. The third-order valence-electron chi connectivity index (χ3n) is 3.30. The fraction of sp³-hybridized carbons (Fsp3) is 0.375. The van der Waals surface area contributed by atoms with Gasteiger partial charge in [-0.25, -0.2) is 0 Å². The lowest BCUT2D eigenvalue weighted by Crippen LogP contribution is -2.23. The van der Waals surface area contributed by atoms with Gasteiger partial charge in [0.05, 0.1) is 6.54 Å². The predicted molar refractivity (Wildman–Crippen MR) is 85.0 cm³/mol. The van der Waals surface area contributed by atoms with Gasteiger partial charge in [0.1, 0.15) is 0 Å². The van der Waals surface area contributed by atoms with Crippen molar-refractivity contribution < 1.29 is 0 Å². The first kappa shape index (κ1) is 14.1. The first-order chi connectivity index (χ1) is 9.22. The number of thiophene rings is 1. The quantitative estimate of drug-likeness (QED) is 0.854. The van der Waals surface area contributed by atoms with Crippen LogP contribution in [0.2, 0.25) is 0 Å². The lowest BCUT2D eigenvalue weighted by molar-refractivity contribution is 0.597. The maximum absolute atomic E-state index is 3.49. The molecule has 2 aromatic rings. The van der Waals surface area contributed by atoms with Crippen molar-refractivity contribution in [1.29, 1.82) is 0 Å². The van der Waals surface area contributed by atoms with Gasteiger partial charge in [-0.1, -0.05) is 31.2 Å². The molecule has 0 aliphatic carbocycles. The molecule has 1 atom stereocenters. The second-order valence-electron chi connectivity index (χ2n) is 4.77. The van der Waals surface area contributed by atoms with Crippen molar-refractivity contribution >= 4 is 17.0 Å². The van der Waals surface area contributed by atoms with Crippen LogP contribution in [0, 0.1) is 0 Å². The summed E-state index contributed by atoms with van der Waals surface area (Å²) in [7, 11) is 2.16. The van der Waals surface area contributed by atoms with Crippen molar-refractivity contribution in [2.24, 2.45) is 0 Å². The Hall–Kier alpha value is -1.32. The van der Waals surface area contributed by atoms with Gasteiger partial charge < -0.3 is 10.2 Å². The summed E-state index contributed by atoms with van der Waals surface area (Å²) in [6.07, 6.45) is 0. The maximum atomic E-state index is 3.49. The first-order valence-electron chi connectivity index (χ1n) is 6.78. The summed E-state index contributed by atoms with van der Waals surface area (Å²) in [6.45, 7) is 6.33. The number of para-hydroxylation sites is 1. The molecule has 19 heavy (non-hydrogen) atoms. The molecule has 0 saturated heterocycles. The summed E-state index contributed by atoms with van der Waals surface area (Å²) in [6, 6.07) is 13.3. The number of benzene rings is 1. The molecular formula is C16H22N2S. The molecule has 1 unspecified atom stereocenters. The Morgan fingerprint density at radius 3 is 2.68 bits per heavy atom. The zero-order valence-corrected chi connectivity index (χ0v) is 12.7. The van der Waals surface area contributed by atoms with Gasteiger partial charge in [0.2, 0.25) is 0 Å². The maximum Gasteiger partial charge on any atom is 0.0519 e. The minimum absolute atomic E-state index is 0.381. The zero-order valence-electron chi connectivity index (χ0n) is 11.9. The van der Waals surface area contributed by atoms with E-state index in [1.807, 2.05) is 11.3 Å². The fourth-order valence-corrected chi connectivity index (χ4v) is 3.10. The summed E-state index contributed by atoms with van der Waals surface area (Å²) < 4.78 is 0. The van der Waals surface area contributed by atoms with E-state index >= 15 is 0 Å². The predicted octanol–water partition coefficient (Wildman–Crippen LogP) is 4.06. The van der Waals surface area contributed by atoms with Gasteiger partial charge in [-0.05, 0) is 36.5 Å². The van der Waals surface area contributed by atoms with Gasteiger partial charge in [0.25, 0.3) is 0 Å². The van der Waals surface area contributed by atoms with E-state index in [9.17, 15) is 0 Å². The van der Waals surface area contributed by atoms with Crippen LogP contribution in [0.4, 0.5) is 5.69 Å². The lowest BCUT2D eigenvalue weighted by Gasteiger charge is -2.25. The Morgan fingerprint density at radius 1 is 1.21 bits per heavy atom. The molecule has 0 bridgehead atoms. The summed E-state index contributed by atoms with van der Waals surface area (Å²) in [5.41, 5.74) is 2.67. The van der Waals surface area contributed by atoms with Gasteiger partial charge >= 0.3 is 0 Å². The highest BCUT2D eigenvalue weighted by Gasteiger charge is 2.12. The molecule has 0 radical (unpaired) electrons. The topological polar surface area (TPSA) is 15.3 Å². The molecule has 1 aromatic heterocycles. The summed E-state index contributed by atoms with van der Waals surface area (Å²) in [4.78, 5) is 3.73. The van der Waals surface area contributed by atoms with E-state index in [1.54, 1.807) is 0 Å². The average Bonchev–Trinajstić information content (AvgIpc) is 2.92. The van der Waals surface area contributed by atoms with Crippen LogP contribution >= 0.6 is 11.3 Å². The van der Waals surface area contributed by atoms with Gasteiger partial charge in [-0.15, -0.1) is 11.3 Å². The monoisotopic (exact) mass is 274 g/mol. The minimum atomic E-state index is 0.381. The molecular weight excluding hydrogens is 252 g/mol. The normalized spacial score (nSPS) is 12.4. The number of hydrogen-bond donors (Lipinski definition) is 1. The molecule has 0 amide bonds. The standard InChI is InChI=1S/C16H22N2S/c1-4-17-13(2)15-9-5-6-10-16(15)18(3)12-14-8-7-11-19-14/h5-11,13,17H,4,12H2,1-3H3. The number of nitrogens with one attached hydrogen (secondary N) is 1. The highest BCUT2D eigenvalue weighted by atomic mass is 32.1. The van der Waals surface area contributed by atoms with Crippen molar-refractivity contribution in [3.05, 3.63) is 52.2 Å². The van der Waals surface area contributed by atoms with Gasteiger partial charge in [-0.3, -0.25) is 0 Å². The summed E-state index contributed by atoms with van der Waals surface area (Å²) in [5.74, 6) is 0. The molecule has 0 aliphatic rings. The lowest BCUT2D eigenvalue weighted by atomic mass is 10.1. The summed E-state index contributed by atoms with van der Waals surface area (Å²) in [5, 5.41) is 5.63. The SMILES string of the molecule is CCNC(C)c1ccccc1N(C)Cc1cccs1. The van der Waals surface area contributed by atoms with E-state index in [1.165, 1.54) is 16.1 Å². The number of rotatable bonds is 6. The van der Waals surface area contributed by atoms with Crippen LogP contribution in [0.3, 0.4) is 0 Å². The molecule has 2 rings (SSSR count). The minimum Gasteiger partial charge on any atom is -0.369 e. The van der Waals surface area contributed by atoms with Crippen LogP contribution < -0.4 is 10.2 Å². The molecule has 3 heteroatoms. The van der Waals surface area contributed by atoms with Crippen molar-refractivity contribution in [3.8, 4) is 0 Å². The van der Waals surface area contributed by atoms with E-state index in [4.69, 9.17) is 0 Å². The number of hydrogen-bond acceptors (Lipinski definition) is 3. The van der Waals surface area contributed by atoms with Gasteiger partial charge in [0.15, 0.2) is 0 Å². The first-order valence-corrected chi connectivity index (χ1v) is 7.66. The van der Waals surface area contributed by atoms with Gasteiger partial charge in [0, 0.05) is 23.7 Å². The molecule has 2 nitrogen and oxygen atoms in total. The van der Waals surface area contributed by atoms with E-state index in [2.05, 4.69) is 72.9 Å². The molecule has 0 spiro atoms. The van der Waals surface area contributed by atoms with Crippen LogP contribution in [0.15, 0.2) is 41.8 Å². The summed E-state index contributed by atoms with van der Waals surface area (Å²) >= 11 is 1.81. The van der Waals surface area contributed by atoms with Crippen molar-refractivity contribution in [2.45, 2.75) is 26.4 Å². The number of anilines is 1. The molecule has 0 aliphatic heterocycles. The molecule has 0 saturated carbocycles. The average molecular weight is 274 g/mol. The van der Waals surface area contributed by atoms with Crippen LogP contribution in [0.25, 0.3) is 0 Å². The Bertz CT molecular complexity index is 493. The van der Waals surface area contributed by atoms with Crippen molar-refractivity contribution in [3.63, 3.8) is 0 Å². The molecule has 1 heterocycles. The highest BCUT2D eigenvalue weighted by molar-refractivity contribution is 7.09.